The van der Waals surface area contributed by atoms with Gasteiger partial charge in [0.1, 0.15) is 0 Å². The molecular formula is C14H18O4. The molecule has 0 aromatic heterocycles. The number of carbonyl (C=O) groups excluding carboxylic acids is 2. The summed E-state index contributed by atoms with van der Waals surface area (Å²) in [5, 5.41) is 0. The van der Waals surface area contributed by atoms with Gasteiger partial charge in [0.25, 0.3) is 0 Å². The van der Waals surface area contributed by atoms with Crippen molar-refractivity contribution in [3.05, 3.63) is 35.9 Å². The van der Waals surface area contributed by atoms with Crippen LogP contribution in [0.3, 0.4) is 0 Å². The molecule has 0 atom stereocenters. The maximum absolute atomic E-state index is 11.3. The molecule has 0 N–H and O–H groups in total. The van der Waals surface area contributed by atoms with E-state index in [-0.39, 0.29) is 24.8 Å². The second-order valence-corrected chi connectivity index (χ2v) is 3.76. The summed E-state index contributed by atoms with van der Waals surface area (Å²) in [6, 6.07) is 9.78. The van der Waals surface area contributed by atoms with Crippen molar-refractivity contribution in [1.29, 1.82) is 0 Å². The maximum atomic E-state index is 11.3. The predicted molar refractivity (Wildman–Crippen MR) is 67.0 cm³/mol. The van der Waals surface area contributed by atoms with Gasteiger partial charge in [-0.2, -0.15) is 0 Å². The van der Waals surface area contributed by atoms with Crippen molar-refractivity contribution in [2.45, 2.75) is 26.2 Å². The second kappa shape index (κ2) is 8.28. The largest absolute Gasteiger partial charge is 0.466 e. The van der Waals surface area contributed by atoms with Gasteiger partial charge in [-0.05, 0) is 12.5 Å². The first-order valence-corrected chi connectivity index (χ1v) is 6.07. The van der Waals surface area contributed by atoms with Crippen molar-refractivity contribution in [3.8, 4) is 0 Å². The Morgan fingerprint density at radius 1 is 1.00 bits per heavy atom. The van der Waals surface area contributed by atoms with Gasteiger partial charge in [-0.1, -0.05) is 30.3 Å². The van der Waals surface area contributed by atoms with Crippen molar-refractivity contribution >= 4 is 11.9 Å². The Bertz CT molecular complexity index is 373. The Hall–Kier alpha value is -1.84. The molecule has 0 saturated heterocycles. The monoisotopic (exact) mass is 250 g/mol. The molecule has 1 rings (SSSR count). The van der Waals surface area contributed by atoms with Crippen LogP contribution in [0.2, 0.25) is 0 Å². The molecule has 0 aliphatic rings. The van der Waals surface area contributed by atoms with E-state index >= 15 is 0 Å². The predicted octanol–water partition coefficient (Wildman–Crippen LogP) is 2.12. The van der Waals surface area contributed by atoms with Crippen LogP contribution in [0.15, 0.2) is 30.3 Å². The molecule has 0 bridgehead atoms. The smallest absolute Gasteiger partial charge is 0.306 e. The molecule has 1 aromatic rings. The summed E-state index contributed by atoms with van der Waals surface area (Å²) >= 11 is 0. The van der Waals surface area contributed by atoms with Crippen molar-refractivity contribution < 1.29 is 19.1 Å². The van der Waals surface area contributed by atoms with Crippen molar-refractivity contribution in [3.63, 3.8) is 0 Å². The van der Waals surface area contributed by atoms with E-state index in [1.807, 2.05) is 30.3 Å². The van der Waals surface area contributed by atoms with E-state index < -0.39 is 0 Å². The Kier molecular flexibility index (Phi) is 6.54. The van der Waals surface area contributed by atoms with Gasteiger partial charge in [0.05, 0.1) is 26.1 Å². The fourth-order valence-electron chi connectivity index (χ4n) is 1.44. The average Bonchev–Trinajstić information content (AvgIpc) is 2.38. The van der Waals surface area contributed by atoms with Gasteiger partial charge in [-0.15, -0.1) is 0 Å². The molecule has 0 aliphatic carbocycles. The fraction of sp³-hybridized carbons (Fsp3) is 0.429. The fourth-order valence-corrected chi connectivity index (χ4v) is 1.44. The summed E-state index contributed by atoms with van der Waals surface area (Å²) in [6.07, 6.45) is 0.845. The summed E-state index contributed by atoms with van der Waals surface area (Å²) in [4.78, 5) is 22.3. The average molecular weight is 250 g/mol. The SMILES string of the molecule is CCOC(=O)CCC(=O)OCCc1ccccc1. The Labute approximate surface area is 107 Å². The lowest BCUT2D eigenvalue weighted by atomic mass is 10.2. The van der Waals surface area contributed by atoms with Gasteiger partial charge in [0.2, 0.25) is 0 Å². The highest BCUT2D eigenvalue weighted by atomic mass is 16.5. The van der Waals surface area contributed by atoms with Crippen LogP contribution in [0.25, 0.3) is 0 Å². The molecule has 0 radical (unpaired) electrons. The van der Waals surface area contributed by atoms with Gasteiger partial charge in [-0.3, -0.25) is 9.59 Å². The number of carbonyl (C=O) groups is 2. The van der Waals surface area contributed by atoms with Crippen molar-refractivity contribution in [2.24, 2.45) is 0 Å². The van der Waals surface area contributed by atoms with Gasteiger partial charge < -0.3 is 9.47 Å². The van der Waals surface area contributed by atoms with Crippen molar-refractivity contribution in [2.75, 3.05) is 13.2 Å². The summed E-state index contributed by atoms with van der Waals surface area (Å²) in [6.45, 7) is 2.41. The third-order valence-corrected chi connectivity index (χ3v) is 2.34. The van der Waals surface area contributed by atoms with E-state index in [4.69, 9.17) is 9.47 Å². The van der Waals surface area contributed by atoms with E-state index in [0.717, 1.165) is 5.56 Å². The van der Waals surface area contributed by atoms with Crippen LogP contribution in [0.1, 0.15) is 25.3 Å². The normalized spacial score (nSPS) is 9.83. The zero-order chi connectivity index (χ0) is 13.2. The highest BCUT2D eigenvalue weighted by Crippen LogP contribution is 2.01. The summed E-state index contributed by atoms with van der Waals surface area (Å²) in [5.74, 6) is -0.725. The molecule has 0 saturated carbocycles. The van der Waals surface area contributed by atoms with Gasteiger partial charge in [-0.25, -0.2) is 0 Å². The molecule has 0 amide bonds. The molecule has 0 aliphatic heterocycles. The molecular weight excluding hydrogens is 232 g/mol. The van der Waals surface area contributed by atoms with Crippen LogP contribution in [-0.2, 0) is 25.5 Å². The van der Waals surface area contributed by atoms with Gasteiger partial charge in [0.15, 0.2) is 0 Å². The van der Waals surface area contributed by atoms with E-state index in [1.165, 1.54) is 0 Å². The summed E-state index contributed by atoms with van der Waals surface area (Å²) in [7, 11) is 0. The first-order chi connectivity index (χ1) is 8.72. The number of benzene rings is 1. The molecule has 0 fully saturated rings. The lowest BCUT2D eigenvalue weighted by molar-refractivity contribution is -0.150. The van der Waals surface area contributed by atoms with Crippen LogP contribution < -0.4 is 0 Å². The Morgan fingerprint density at radius 3 is 2.22 bits per heavy atom. The molecule has 0 spiro atoms. The van der Waals surface area contributed by atoms with Crippen LogP contribution >= 0.6 is 0 Å². The number of ether oxygens (including phenoxy) is 2. The first kappa shape index (κ1) is 14.2. The van der Waals surface area contributed by atoms with Crippen LogP contribution in [0.4, 0.5) is 0 Å². The highest BCUT2D eigenvalue weighted by Gasteiger charge is 2.08. The van der Waals surface area contributed by atoms with E-state index in [9.17, 15) is 9.59 Å². The first-order valence-electron chi connectivity index (χ1n) is 6.07. The molecule has 4 nitrogen and oxygen atoms in total. The van der Waals surface area contributed by atoms with Crippen molar-refractivity contribution in [1.82, 2.24) is 0 Å². The molecule has 1 aromatic carbocycles. The quantitative estimate of drug-likeness (QED) is 0.695. The van der Waals surface area contributed by atoms with Crippen LogP contribution in [0, 0.1) is 0 Å². The standard InChI is InChI=1S/C14H18O4/c1-2-17-13(15)8-9-14(16)18-11-10-12-6-4-3-5-7-12/h3-7H,2,8-11H2,1H3. The molecule has 0 heterocycles. The van der Waals surface area contributed by atoms with Crippen LogP contribution in [0.5, 0.6) is 0 Å². The van der Waals surface area contributed by atoms with E-state index in [0.29, 0.717) is 19.6 Å². The van der Waals surface area contributed by atoms with Gasteiger partial charge >= 0.3 is 11.9 Å². The summed E-state index contributed by atoms with van der Waals surface area (Å²) in [5.41, 5.74) is 1.12. The van der Waals surface area contributed by atoms with Gasteiger partial charge in [0, 0.05) is 6.42 Å². The molecule has 18 heavy (non-hydrogen) atoms. The Morgan fingerprint density at radius 2 is 1.61 bits per heavy atom. The van der Waals surface area contributed by atoms with E-state index in [1.54, 1.807) is 6.92 Å². The molecule has 0 unspecified atom stereocenters. The topological polar surface area (TPSA) is 52.6 Å². The number of hydrogen-bond donors (Lipinski definition) is 0. The zero-order valence-electron chi connectivity index (χ0n) is 10.6. The van der Waals surface area contributed by atoms with Crippen LogP contribution in [-0.4, -0.2) is 25.2 Å². The molecule has 4 heteroatoms. The lowest BCUT2D eigenvalue weighted by Crippen LogP contribution is -2.11. The maximum Gasteiger partial charge on any atom is 0.306 e. The highest BCUT2D eigenvalue weighted by molar-refractivity contribution is 5.77. The Balaban J connectivity index is 2.12. The minimum atomic E-state index is -0.363. The summed E-state index contributed by atoms with van der Waals surface area (Å²) < 4.78 is 9.75. The second-order valence-electron chi connectivity index (χ2n) is 3.76. The number of hydrogen-bond acceptors (Lipinski definition) is 4. The minimum absolute atomic E-state index is 0.0770. The minimum Gasteiger partial charge on any atom is -0.466 e. The lowest BCUT2D eigenvalue weighted by Gasteiger charge is -2.05. The third-order valence-electron chi connectivity index (χ3n) is 2.34. The molecule has 98 valence electrons. The number of esters is 2. The number of rotatable bonds is 7. The van der Waals surface area contributed by atoms with E-state index in [2.05, 4.69) is 0 Å². The zero-order valence-corrected chi connectivity index (χ0v) is 10.6. The third kappa shape index (κ3) is 6.03.